The Bertz CT molecular complexity index is 478. The molecule has 0 aromatic heterocycles. The molecule has 0 spiro atoms. The zero-order valence-corrected chi connectivity index (χ0v) is 10.6. The quantitative estimate of drug-likeness (QED) is 0.622. The molecule has 2 unspecified atom stereocenters. The van der Waals surface area contributed by atoms with Gasteiger partial charge in [-0.05, 0) is 18.1 Å². The lowest BCUT2D eigenvalue weighted by Gasteiger charge is -2.16. The van der Waals surface area contributed by atoms with E-state index in [1.165, 1.54) is 24.3 Å². The van der Waals surface area contributed by atoms with E-state index in [1.54, 1.807) is 4.90 Å². The first kappa shape index (κ1) is 13.3. The molecule has 3 N–H and O–H groups in total. The van der Waals surface area contributed by atoms with Gasteiger partial charge in [-0.25, -0.2) is 4.79 Å². The summed E-state index contributed by atoms with van der Waals surface area (Å²) in [5, 5.41) is 13.2. The van der Waals surface area contributed by atoms with Gasteiger partial charge in [0.25, 0.3) is 5.69 Å². The molecule has 1 aromatic rings. The maximum Gasteiger partial charge on any atom is 0.321 e. The highest BCUT2D eigenvalue weighted by Crippen LogP contribution is 2.18. The summed E-state index contributed by atoms with van der Waals surface area (Å²) in [6.45, 7) is 3.16. The van der Waals surface area contributed by atoms with E-state index in [0.29, 0.717) is 18.8 Å². The summed E-state index contributed by atoms with van der Waals surface area (Å²) in [4.78, 5) is 23.6. The number of rotatable bonds is 2. The number of benzene rings is 1. The molecule has 0 bridgehead atoms. The lowest BCUT2D eigenvalue weighted by molar-refractivity contribution is -0.384. The number of carbonyl (C=O) groups is 1. The van der Waals surface area contributed by atoms with E-state index in [0.717, 1.165) is 0 Å². The molecule has 1 fully saturated rings. The van der Waals surface area contributed by atoms with Crippen LogP contribution in [0.3, 0.4) is 0 Å². The lowest BCUT2D eigenvalue weighted by Crippen LogP contribution is -2.35. The van der Waals surface area contributed by atoms with Crippen molar-refractivity contribution in [2.24, 2.45) is 11.7 Å². The molecule has 7 heteroatoms. The van der Waals surface area contributed by atoms with Crippen LogP contribution in [0.4, 0.5) is 16.2 Å². The Balaban J connectivity index is 1.97. The standard InChI is InChI=1S/C12H16N4O3/c1-8-6-15(7-11(8)13)12(17)14-9-2-4-10(5-3-9)16(18)19/h2-5,8,11H,6-7,13H2,1H3,(H,14,17). The number of hydrogen-bond acceptors (Lipinski definition) is 4. The van der Waals surface area contributed by atoms with Gasteiger partial charge in [0, 0.05) is 37.0 Å². The number of nitrogens with two attached hydrogens (primary N) is 1. The van der Waals surface area contributed by atoms with Crippen molar-refractivity contribution in [1.82, 2.24) is 4.90 Å². The van der Waals surface area contributed by atoms with Crippen LogP contribution in [0.25, 0.3) is 0 Å². The van der Waals surface area contributed by atoms with Gasteiger partial charge >= 0.3 is 6.03 Å². The molecule has 1 saturated heterocycles. The number of nitrogens with one attached hydrogen (secondary N) is 1. The molecule has 0 aliphatic carbocycles. The third kappa shape index (κ3) is 3.00. The van der Waals surface area contributed by atoms with E-state index in [9.17, 15) is 14.9 Å². The van der Waals surface area contributed by atoms with E-state index in [2.05, 4.69) is 5.32 Å². The molecule has 2 amide bonds. The van der Waals surface area contributed by atoms with Crippen molar-refractivity contribution in [1.29, 1.82) is 0 Å². The molecule has 1 aromatic carbocycles. The zero-order valence-electron chi connectivity index (χ0n) is 10.6. The van der Waals surface area contributed by atoms with E-state index in [-0.39, 0.29) is 23.7 Å². The van der Waals surface area contributed by atoms with Gasteiger partial charge in [-0.15, -0.1) is 0 Å². The number of non-ortho nitro benzene ring substituents is 1. The first-order valence-electron chi connectivity index (χ1n) is 6.03. The zero-order chi connectivity index (χ0) is 14.0. The third-order valence-electron chi connectivity index (χ3n) is 3.29. The number of amides is 2. The van der Waals surface area contributed by atoms with Gasteiger partial charge in [0.15, 0.2) is 0 Å². The summed E-state index contributed by atoms with van der Waals surface area (Å²) >= 11 is 0. The van der Waals surface area contributed by atoms with Gasteiger partial charge in [-0.3, -0.25) is 10.1 Å². The van der Waals surface area contributed by atoms with Gasteiger partial charge in [-0.1, -0.05) is 6.92 Å². The Kier molecular flexibility index (Phi) is 3.66. The molecule has 1 aliphatic rings. The Morgan fingerprint density at radius 3 is 2.53 bits per heavy atom. The highest BCUT2D eigenvalue weighted by atomic mass is 16.6. The van der Waals surface area contributed by atoms with E-state index in [4.69, 9.17) is 5.73 Å². The Labute approximate surface area is 110 Å². The van der Waals surface area contributed by atoms with Crippen LogP contribution >= 0.6 is 0 Å². The second-order valence-corrected chi connectivity index (χ2v) is 4.78. The summed E-state index contributed by atoms with van der Waals surface area (Å²) in [5.41, 5.74) is 6.38. The molecule has 0 radical (unpaired) electrons. The minimum absolute atomic E-state index is 0.00242. The lowest BCUT2D eigenvalue weighted by atomic mass is 10.1. The van der Waals surface area contributed by atoms with Crippen LogP contribution in [0.5, 0.6) is 0 Å². The largest absolute Gasteiger partial charge is 0.326 e. The van der Waals surface area contributed by atoms with Crippen molar-refractivity contribution in [2.75, 3.05) is 18.4 Å². The predicted octanol–water partition coefficient (Wildman–Crippen LogP) is 1.41. The van der Waals surface area contributed by atoms with E-state index < -0.39 is 4.92 Å². The van der Waals surface area contributed by atoms with Crippen molar-refractivity contribution >= 4 is 17.4 Å². The smallest absolute Gasteiger partial charge is 0.321 e. The van der Waals surface area contributed by atoms with Crippen LogP contribution in [0.15, 0.2) is 24.3 Å². The van der Waals surface area contributed by atoms with Crippen molar-refractivity contribution in [3.63, 3.8) is 0 Å². The van der Waals surface area contributed by atoms with Crippen LogP contribution < -0.4 is 11.1 Å². The van der Waals surface area contributed by atoms with Crippen molar-refractivity contribution < 1.29 is 9.72 Å². The van der Waals surface area contributed by atoms with Gasteiger partial charge in [-0.2, -0.15) is 0 Å². The van der Waals surface area contributed by atoms with Crippen molar-refractivity contribution in [3.8, 4) is 0 Å². The monoisotopic (exact) mass is 264 g/mol. The summed E-state index contributed by atoms with van der Waals surface area (Å²) in [5.74, 6) is 0.280. The normalized spacial score (nSPS) is 22.3. The maximum absolute atomic E-state index is 12.0. The van der Waals surface area contributed by atoms with Gasteiger partial charge < -0.3 is 16.0 Å². The first-order chi connectivity index (χ1) is 8.97. The molecular weight excluding hydrogens is 248 g/mol. The van der Waals surface area contributed by atoms with E-state index >= 15 is 0 Å². The summed E-state index contributed by atoms with van der Waals surface area (Å²) in [6.07, 6.45) is 0. The fourth-order valence-corrected chi connectivity index (χ4v) is 2.03. The molecule has 1 aliphatic heterocycles. The number of nitrogens with zero attached hydrogens (tertiary/aromatic N) is 2. The average Bonchev–Trinajstić information content (AvgIpc) is 2.70. The fraction of sp³-hybridized carbons (Fsp3) is 0.417. The number of hydrogen-bond donors (Lipinski definition) is 2. The molecular formula is C12H16N4O3. The molecule has 2 atom stereocenters. The third-order valence-corrected chi connectivity index (χ3v) is 3.29. The molecule has 102 valence electrons. The number of carbonyl (C=O) groups excluding carboxylic acids is 1. The van der Waals surface area contributed by atoms with Crippen LogP contribution in [0, 0.1) is 16.0 Å². The minimum atomic E-state index is -0.479. The average molecular weight is 264 g/mol. The van der Waals surface area contributed by atoms with Crippen LogP contribution in [-0.4, -0.2) is 35.0 Å². The van der Waals surface area contributed by atoms with Gasteiger partial charge in [0.2, 0.25) is 0 Å². The number of urea groups is 1. The number of nitro benzene ring substituents is 1. The minimum Gasteiger partial charge on any atom is -0.326 e. The first-order valence-corrected chi connectivity index (χ1v) is 6.03. The number of likely N-dealkylation sites (tertiary alicyclic amines) is 1. The van der Waals surface area contributed by atoms with Crippen molar-refractivity contribution in [3.05, 3.63) is 34.4 Å². The summed E-state index contributed by atoms with van der Waals surface area (Å²) in [7, 11) is 0. The van der Waals surface area contributed by atoms with Crippen molar-refractivity contribution in [2.45, 2.75) is 13.0 Å². The molecule has 2 rings (SSSR count). The Hall–Kier alpha value is -2.15. The molecule has 1 heterocycles. The number of nitro groups is 1. The predicted molar refractivity (Wildman–Crippen MR) is 70.8 cm³/mol. The van der Waals surface area contributed by atoms with E-state index in [1.807, 2.05) is 6.92 Å². The highest BCUT2D eigenvalue weighted by Gasteiger charge is 2.29. The van der Waals surface area contributed by atoms with Crippen LogP contribution in [-0.2, 0) is 0 Å². The second-order valence-electron chi connectivity index (χ2n) is 4.78. The van der Waals surface area contributed by atoms with Gasteiger partial charge in [0.05, 0.1) is 4.92 Å². The molecule has 0 saturated carbocycles. The fourth-order valence-electron chi connectivity index (χ4n) is 2.03. The second kappa shape index (κ2) is 5.23. The van der Waals surface area contributed by atoms with Crippen LogP contribution in [0.2, 0.25) is 0 Å². The maximum atomic E-state index is 12.0. The molecule has 19 heavy (non-hydrogen) atoms. The van der Waals surface area contributed by atoms with Crippen LogP contribution in [0.1, 0.15) is 6.92 Å². The Morgan fingerprint density at radius 1 is 1.42 bits per heavy atom. The van der Waals surface area contributed by atoms with Gasteiger partial charge in [0.1, 0.15) is 0 Å². The topological polar surface area (TPSA) is 102 Å². The number of anilines is 1. The molecule has 7 nitrogen and oxygen atoms in total. The Morgan fingerprint density at radius 2 is 2.05 bits per heavy atom. The summed E-state index contributed by atoms with van der Waals surface area (Å²) in [6, 6.07) is 5.50. The SMILES string of the molecule is CC1CN(C(=O)Nc2ccc([N+](=O)[O-])cc2)CC1N. The summed E-state index contributed by atoms with van der Waals surface area (Å²) < 4.78 is 0. The highest BCUT2D eigenvalue weighted by molar-refractivity contribution is 5.89.